The zero-order valence-electron chi connectivity index (χ0n) is 14.6. The van der Waals surface area contributed by atoms with Crippen LogP contribution in [0.2, 0.25) is 5.02 Å². The van der Waals surface area contributed by atoms with Gasteiger partial charge in [-0.15, -0.1) is 0 Å². The Balaban J connectivity index is 1.50. The summed E-state index contributed by atoms with van der Waals surface area (Å²) in [5.74, 6) is 0. The number of nitriles is 1. The fourth-order valence-electron chi connectivity index (χ4n) is 3.23. The summed E-state index contributed by atoms with van der Waals surface area (Å²) in [5.41, 5.74) is 6.67. The molecule has 1 aromatic carbocycles. The summed E-state index contributed by atoms with van der Waals surface area (Å²) in [6, 6.07) is 12.5. The van der Waals surface area contributed by atoms with Gasteiger partial charge in [-0.1, -0.05) is 53.7 Å². The number of halogens is 1. The fraction of sp³-hybridized carbons (Fsp3) is 0.368. The number of hydrogen-bond acceptors (Lipinski definition) is 8. The Hall–Kier alpha value is -1.70. The number of rotatable bonds is 3. The fourth-order valence-corrected chi connectivity index (χ4v) is 4.63. The second-order valence-corrected chi connectivity index (χ2v) is 8.09. The molecule has 2 aliphatic heterocycles. The zero-order valence-corrected chi connectivity index (χ0v) is 16.2. The molecule has 2 aromatic rings. The molecule has 0 saturated carbocycles. The summed E-state index contributed by atoms with van der Waals surface area (Å²) in [6.07, 6.45) is -1.12. The average molecular weight is 420 g/mol. The molecule has 3 heterocycles. The van der Waals surface area contributed by atoms with E-state index in [1.54, 1.807) is 6.07 Å². The Morgan fingerprint density at radius 2 is 2.07 bits per heavy atom. The SMILES string of the molecule is N#Cc1ncc(Cl)cc1SC1OC2COC(c3ccccc3)OC2C(N)C1O. The number of ether oxygens (including phenoxy) is 3. The molecule has 6 unspecified atom stereocenters. The Morgan fingerprint density at radius 3 is 2.82 bits per heavy atom. The van der Waals surface area contributed by atoms with Crippen LogP contribution in [0, 0.1) is 11.3 Å². The average Bonchev–Trinajstić information content (AvgIpc) is 2.72. The minimum absolute atomic E-state index is 0.209. The van der Waals surface area contributed by atoms with Crippen molar-refractivity contribution in [3.63, 3.8) is 0 Å². The lowest BCUT2D eigenvalue weighted by molar-refractivity contribution is -0.297. The lowest BCUT2D eigenvalue weighted by Crippen LogP contribution is -2.64. The second-order valence-electron chi connectivity index (χ2n) is 6.52. The molecule has 0 radical (unpaired) electrons. The first kappa shape index (κ1) is 19.6. The number of aromatic nitrogens is 1. The van der Waals surface area contributed by atoms with E-state index in [1.165, 1.54) is 6.20 Å². The van der Waals surface area contributed by atoms with E-state index in [-0.39, 0.29) is 12.3 Å². The van der Waals surface area contributed by atoms with Gasteiger partial charge in [0.15, 0.2) is 12.0 Å². The van der Waals surface area contributed by atoms with Gasteiger partial charge in [-0.05, 0) is 6.07 Å². The predicted octanol–water partition coefficient (Wildman–Crippen LogP) is 2.23. The number of aliphatic hydroxyl groups excluding tert-OH is 1. The van der Waals surface area contributed by atoms with Crippen LogP contribution in [-0.4, -0.2) is 46.5 Å². The zero-order chi connectivity index (χ0) is 19.7. The first-order valence-corrected chi connectivity index (χ1v) is 9.96. The molecule has 2 saturated heterocycles. The molecule has 4 rings (SSSR count). The van der Waals surface area contributed by atoms with Crippen molar-refractivity contribution < 1.29 is 19.3 Å². The van der Waals surface area contributed by atoms with Crippen LogP contribution in [0.15, 0.2) is 47.5 Å². The largest absolute Gasteiger partial charge is 0.388 e. The van der Waals surface area contributed by atoms with Crippen molar-refractivity contribution in [1.29, 1.82) is 5.26 Å². The van der Waals surface area contributed by atoms with E-state index in [0.29, 0.717) is 9.92 Å². The number of hydrogen-bond donors (Lipinski definition) is 2. The number of benzene rings is 1. The molecular weight excluding hydrogens is 402 g/mol. The van der Waals surface area contributed by atoms with Crippen molar-refractivity contribution in [2.45, 2.75) is 41.0 Å². The van der Waals surface area contributed by atoms with Crippen LogP contribution in [0.1, 0.15) is 17.5 Å². The van der Waals surface area contributed by atoms with Crippen molar-refractivity contribution >= 4 is 23.4 Å². The summed E-state index contributed by atoms with van der Waals surface area (Å²) in [5, 5.41) is 20.3. The van der Waals surface area contributed by atoms with E-state index in [9.17, 15) is 10.4 Å². The summed E-state index contributed by atoms with van der Waals surface area (Å²) in [7, 11) is 0. The molecule has 28 heavy (non-hydrogen) atoms. The normalized spacial score (nSPS) is 32.4. The van der Waals surface area contributed by atoms with Crippen LogP contribution in [0.3, 0.4) is 0 Å². The third-order valence-electron chi connectivity index (χ3n) is 4.66. The Labute approximate surface area is 171 Å². The van der Waals surface area contributed by atoms with E-state index >= 15 is 0 Å². The highest BCUT2D eigenvalue weighted by atomic mass is 35.5. The van der Waals surface area contributed by atoms with Crippen molar-refractivity contribution in [1.82, 2.24) is 4.98 Å². The van der Waals surface area contributed by atoms with E-state index < -0.39 is 36.1 Å². The van der Waals surface area contributed by atoms with Gasteiger partial charge in [-0.2, -0.15) is 5.26 Å². The quantitative estimate of drug-likeness (QED) is 0.779. The summed E-state index contributed by atoms with van der Waals surface area (Å²) in [4.78, 5) is 4.52. The molecule has 6 atom stereocenters. The molecule has 9 heteroatoms. The molecule has 146 valence electrons. The highest BCUT2D eigenvalue weighted by molar-refractivity contribution is 7.99. The Morgan fingerprint density at radius 1 is 1.29 bits per heavy atom. The number of thioether (sulfide) groups is 1. The number of nitrogens with zero attached hydrogens (tertiary/aromatic N) is 2. The van der Waals surface area contributed by atoms with Gasteiger partial charge in [0.2, 0.25) is 0 Å². The van der Waals surface area contributed by atoms with E-state index in [2.05, 4.69) is 4.98 Å². The van der Waals surface area contributed by atoms with Crippen molar-refractivity contribution in [2.75, 3.05) is 6.61 Å². The minimum Gasteiger partial charge on any atom is -0.388 e. The first-order valence-electron chi connectivity index (χ1n) is 8.70. The van der Waals surface area contributed by atoms with Gasteiger partial charge in [-0.3, -0.25) is 0 Å². The smallest absolute Gasteiger partial charge is 0.184 e. The maximum absolute atomic E-state index is 10.7. The van der Waals surface area contributed by atoms with E-state index in [4.69, 9.17) is 31.5 Å². The van der Waals surface area contributed by atoms with Gasteiger partial charge in [0.1, 0.15) is 29.8 Å². The van der Waals surface area contributed by atoms with Gasteiger partial charge < -0.3 is 25.1 Å². The standard InChI is InChI=1S/C19H18ClN3O4S/c20-11-6-14(12(7-21)23-8-11)28-19-16(24)15(22)17-13(26-19)9-25-18(27-17)10-4-2-1-3-5-10/h1-6,8,13,15-19,24H,9,22H2. The number of fused-ring (bicyclic) bond motifs is 1. The lowest BCUT2D eigenvalue weighted by atomic mass is 9.97. The van der Waals surface area contributed by atoms with Crippen LogP contribution < -0.4 is 5.73 Å². The second kappa shape index (κ2) is 8.35. The van der Waals surface area contributed by atoms with Gasteiger partial charge >= 0.3 is 0 Å². The van der Waals surface area contributed by atoms with Gasteiger partial charge in [-0.25, -0.2) is 4.98 Å². The van der Waals surface area contributed by atoms with Crippen LogP contribution in [0.5, 0.6) is 0 Å². The molecule has 3 N–H and O–H groups in total. The van der Waals surface area contributed by atoms with Crippen molar-refractivity contribution in [3.05, 3.63) is 58.9 Å². The maximum Gasteiger partial charge on any atom is 0.184 e. The lowest BCUT2D eigenvalue weighted by Gasteiger charge is -2.47. The van der Waals surface area contributed by atoms with Gasteiger partial charge in [0.25, 0.3) is 0 Å². The van der Waals surface area contributed by atoms with E-state index in [1.807, 2.05) is 36.4 Å². The number of aliphatic hydroxyl groups is 1. The third-order valence-corrected chi connectivity index (χ3v) is 6.05. The highest BCUT2D eigenvalue weighted by Gasteiger charge is 2.48. The van der Waals surface area contributed by atoms with Crippen LogP contribution in [0.25, 0.3) is 0 Å². The third kappa shape index (κ3) is 3.88. The Kier molecular flexibility index (Phi) is 5.85. The molecule has 7 nitrogen and oxygen atoms in total. The molecule has 0 aliphatic carbocycles. The number of pyridine rings is 1. The molecule has 2 fully saturated rings. The minimum atomic E-state index is -1.01. The molecular formula is C19H18ClN3O4S. The van der Waals surface area contributed by atoms with Crippen molar-refractivity contribution in [2.24, 2.45) is 5.73 Å². The van der Waals surface area contributed by atoms with Crippen LogP contribution >= 0.6 is 23.4 Å². The highest BCUT2D eigenvalue weighted by Crippen LogP contribution is 2.39. The summed E-state index contributed by atoms with van der Waals surface area (Å²) >= 11 is 7.15. The summed E-state index contributed by atoms with van der Waals surface area (Å²) in [6.45, 7) is 0.278. The topological polar surface area (TPSA) is 111 Å². The monoisotopic (exact) mass is 419 g/mol. The molecule has 0 amide bonds. The van der Waals surface area contributed by atoms with Crippen LogP contribution in [-0.2, 0) is 14.2 Å². The Bertz CT molecular complexity index is 879. The summed E-state index contributed by atoms with van der Waals surface area (Å²) < 4.78 is 17.8. The maximum atomic E-state index is 10.7. The molecule has 0 spiro atoms. The predicted molar refractivity (Wildman–Crippen MR) is 102 cm³/mol. The van der Waals surface area contributed by atoms with E-state index in [0.717, 1.165) is 17.3 Å². The molecule has 1 aromatic heterocycles. The van der Waals surface area contributed by atoms with Crippen molar-refractivity contribution in [3.8, 4) is 6.07 Å². The van der Waals surface area contributed by atoms with Gasteiger partial charge in [0, 0.05) is 16.7 Å². The molecule has 0 bridgehead atoms. The number of nitrogens with two attached hydrogens (primary N) is 1. The van der Waals surface area contributed by atoms with Gasteiger partial charge in [0.05, 0.1) is 17.7 Å². The first-order chi connectivity index (χ1) is 13.6. The molecule has 2 aliphatic rings. The van der Waals surface area contributed by atoms with Crippen LogP contribution in [0.4, 0.5) is 0 Å².